The number of ether oxygens (including phenoxy) is 1. The van der Waals surface area contributed by atoms with Gasteiger partial charge in [-0.1, -0.05) is 18.0 Å². The lowest BCUT2D eigenvalue weighted by Crippen LogP contribution is -2.36. The number of fused-ring (bicyclic) bond motifs is 1. The van der Waals surface area contributed by atoms with E-state index in [0.29, 0.717) is 9.76 Å². The number of carbonyl (C=O) groups is 1. The minimum absolute atomic E-state index is 0.144. The Morgan fingerprint density at radius 3 is 2.92 bits per heavy atom. The van der Waals surface area contributed by atoms with Gasteiger partial charge < -0.3 is 4.74 Å². The molecular weight excluding hydrogens is 394 g/mol. The van der Waals surface area contributed by atoms with Crippen molar-refractivity contribution in [2.45, 2.75) is 45.4 Å². The van der Waals surface area contributed by atoms with Gasteiger partial charge in [-0.05, 0) is 55.0 Å². The van der Waals surface area contributed by atoms with Gasteiger partial charge in [0.05, 0.1) is 12.5 Å². The third-order valence-corrected chi connectivity index (χ3v) is 6.10. The van der Waals surface area contributed by atoms with Gasteiger partial charge in [-0.25, -0.2) is 9.97 Å². The molecule has 1 saturated carbocycles. The highest BCUT2D eigenvalue weighted by Gasteiger charge is 2.41. The Bertz CT molecular complexity index is 775. The summed E-state index contributed by atoms with van der Waals surface area (Å²) in [7, 11) is 1.46. The molecule has 7 heteroatoms. The second-order valence-electron chi connectivity index (χ2n) is 6.97. The fraction of sp³-hybridized carbons (Fsp3) is 0.588. The number of methoxy groups -OCH3 is 1. The molecule has 2 heterocycles. The Kier molecular flexibility index (Phi) is 4.89. The second kappa shape index (κ2) is 6.64. The smallest absolute Gasteiger partial charge is 0.311 e. The summed E-state index contributed by atoms with van der Waals surface area (Å²) in [6, 6.07) is 0. The van der Waals surface area contributed by atoms with Gasteiger partial charge in [0.15, 0.2) is 5.15 Å². The number of hydrogen-bond acceptors (Lipinski definition) is 4. The van der Waals surface area contributed by atoms with E-state index in [9.17, 15) is 4.79 Å². The number of imidazole rings is 1. The maximum atomic E-state index is 12.2. The molecule has 1 fully saturated rings. The first kappa shape index (κ1) is 17.7. The van der Waals surface area contributed by atoms with Crippen LogP contribution >= 0.6 is 27.5 Å². The quantitative estimate of drug-likeness (QED) is 0.688. The molecule has 0 radical (unpaired) electrons. The Morgan fingerprint density at radius 2 is 2.21 bits per heavy atom. The zero-order chi connectivity index (χ0) is 17.5. The van der Waals surface area contributed by atoms with Crippen molar-refractivity contribution in [2.24, 2.45) is 11.3 Å². The van der Waals surface area contributed by atoms with E-state index in [2.05, 4.69) is 20.9 Å². The standard InChI is InChI=1S/C17H21BrClN3O2/c1-17(2,16(23)24-3)11-6-4-5-10(9-11)15-21-13(18)12-14(19)20-7-8-22(12)15/h7-8,10-11H,4-6,9H2,1-3H3. The van der Waals surface area contributed by atoms with Crippen molar-refractivity contribution in [3.63, 3.8) is 0 Å². The maximum Gasteiger partial charge on any atom is 0.311 e. The molecule has 2 unspecified atom stereocenters. The molecule has 2 aromatic heterocycles. The number of carbonyl (C=O) groups excluding carboxylic acids is 1. The highest BCUT2D eigenvalue weighted by atomic mass is 79.9. The summed E-state index contributed by atoms with van der Waals surface area (Å²) in [5.74, 6) is 1.39. The molecule has 2 atom stereocenters. The van der Waals surface area contributed by atoms with Crippen LogP contribution < -0.4 is 0 Å². The van der Waals surface area contributed by atoms with Gasteiger partial charge in [-0.2, -0.15) is 0 Å². The van der Waals surface area contributed by atoms with Gasteiger partial charge in [0.2, 0.25) is 0 Å². The van der Waals surface area contributed by atoms with Crippen molar-refractivity contribution < 1.29 is 9.53 Å². The van der Waals surface area contributed by atoms with Crippen molar-refractivity contribution in [1.82, 2.24) is 14.4 Å². The summed E-state index contributed by atoms with van der Waals surface area (Å²) >= 11 is 9.71. The van der Waals surface area contributed by atoms with Crippen LogP contribution in [0.1, 0.15) is 51.3 Å². The summed E-state index contributed by atoms with van der Waals surface area (Å²) in [5.41, 5.74) is 0.306. The van der Waals surface area contributed by atoms with Crippen molar-refractivity contribution in [3.8, 4) is 0 Å². The minimum atomic E-state index is -0.489. The predicted molar refractivity (Wildman–Crippen MR) is 96.2 cm³/mol. The maximum absolute atomic E-state index is 12.2. The number of nitrogens with zero attached hydrogens (tertiary/aromatic N) is 3. The summed E-state index contributed by atoms with van der Waals surface area (Å²) in [6.45, 7) is 3.96. The van der Waals surface area contributed by atoms with Crippen LogP contribution in [0, 0.1) is 11.3 Å². The summed E-state index contributed by atoms with van der Waals surface area (Å²) in [6.07, 6.45) is 7.65. The van der Waals surface area contributed by atoms with Crippen LogP contribution in [0.5, 0.6) is 0 Å². The van der Waals surface area contributed by atoms with Crippen LogP contribution in [0.4, 0.5) is 0 Å². The van der Waals surface area contributed by atoms with Crippen LogP contribution in [0.2, 0.25) is 5.15 Å². The van der Waals surface area contributed by atoms with Crippen LogP contribution in [-0.2, 0) is 9.53 Å². The molecule has 1 aliphatic carbocycles. The van der Waals surface area contributed by atoms with E-state index in [-0.39, 0.29) is 17.8 Å². The molecule has 0 aromatic carbocycles. The van der Waals surface area contributed by atoms with E-state index in [1.807, 2.05) is 24.4 Å². The molecule has 0 N–H and O–H groups in total. The molecule has 0 aliphatic heterocycles. The predicted octanol–water partition coefficient (Wildman–Crippen LogP) is 4.62. The first-order chi connectivity index (χ1) is 11.4. The molecule has 24 heavy (non-hydrogen) atoms. The van der Waals surface area contributed by atoms with Gasteiger partial charge in [0, 0.05) is 18.3 Å². The average molecular weight is 415 g/mol. The molecule has 5 nitrogen and oxygen atoms in total. The minimum Gasteiger partial charge on any atom is -0.469 e. The molecule has 130 valence electrons. The number of hydrogen-bond donors (Lipinski definition) is 0. The second-order valence-corrected chi connectivity index (χ2v) is 8.08. The monoisotopic (exact) mass is 413 g/mol. The van der Waals surface area contributed by atoms with Crippen LogP contribution in [0.25, 0.3) is 5.52 Å². The summed E-state index contributed by atoms with van der Waals surface area (Å²) < 4.78 is 7.73. The van der Waals surface area contributed by atoms with E-state index >= 15 is 0 Å². The lowest BCUT2D eigenvalue weighted by Gasteiger charge is -2.37. The van der Waals surface area contributed by atoms with Crippen LogP contribution in [0.3, 0.4) is 0 Å². The molecule has 2 aromatic rings. The third-order valence-electron chi connectivity index (χ3n) is 5.27. The van der Waals surface area contributed by atoms with Crippen molar-refractivity contribution >= 4 is 39.0 Å². The highest BCUT2D eigenvalue weighted by molar-refractivity contribution is 9.10. The molecule has 0 spiro atoms. The molecular formula is C17H21BrClN3O2. The van der Waals surface area contributed by atoms with Gasteiger partial charge in [-0.15, -0.1) is 0 Å². The lowest BCUT2D eigenvalue weighted by atomic mass is 9.68. The molecule has 0 amide bonds. The van der Waals surface area contributed by atoms with E-state index in [1.54, 1.807) is 6.20 Å². The van der Waals surface area contributed by atoms with E-state index in [1.165, 1.54) is 7.11 Å². The molecule has 0 saturated heterocycles. The first-order valence-electron chi connectivity index (χ1n) is 8.12. The molecule has 3 rings (SSSR count). The van der Waals surface area contributed by atoms with E-state index in [0.717, 1.165) is 37.0 Å². The van der Waals surface area contributed by atoms with Gasteiger partial charge in [0.25, 0.3) is 0 Å². The van der Waals surface area contributed by atoms with Crippen molar-refractivity contribution in [1.29, 1.82) is 0 Å². The Morgan fingerprint density at radius 1 is 1.46 bits per heavy atom. The normalized spacial score (nSPS) is 21.9. The third kappa shape index (κ3) is 2.94. The fourth-order valence-electron chi connectivity index (χ4n) is 3.78. The number of halogens is 2. The Balaban J connectivity index is 1.94. The average Bonchev–Trinajstić information content (AvgIpc) is 2.92. The van der Waals surface area contributed by atoms with Crippen LogP contribution in [-0.4, -0.2) is 27.4 Å². The number of rotatable bonds is 3. The Hall–Kier alpha value is -1.14. The first-order valence-corrected chi connectivity index (χ1v) is 9.29. The largest absolute Gasteiger partial charge is 0.469 e. The SMILES string of the molecule is COC(=O)C(C)(C)C1CCCC(c2nc(Br)c3c(Cl)nccn23)C1. The van der Waals surface area contributed by atoms with E-state index < -0.39 is 5.41 Å². The summed E-state index contributed by atoms with van der Waals surface area (Å²) in [5, 5.41) is 0.436. The van der Waals surface area contributed by atoms with Crippen molar-refractivity contribution in [3.05, 3.63) is 28.0 Å². The van der Waals surface area contributed by atoms with Crippen molar-refractivity contribution in [2.75, 3.05) is 7.11 Å². The zero-order valence-corrected chi connectivity index (χ0v) is 16.4. The highest BCUT2D eigenvalue weighted by Crippen LogP contribution is 2.45. The fourth-order valence-corrected chi connectivity index (χ4v) is 4.69. The lowest BCUT2D eigenvalue weighted by molar-refractivity contribution is -0.154. The van der Waals surface area contributed by atoms with Gasteiger partial charge >= 0.3 is 5.97 Å². The topological polar surface area (TPSA) is 56.5 Å². The van der Waals surface area contributed by atoms with Crippen LogP contribution in [0.15, 0.2) is 17.0 Å². The Labute approximate surface area is 154 Å². The van der Waals surface area contributed by atoms with Gasteiger partial charge in [0.1, 0.15) is 15.9 Å². The van der Waals surface area contributed by atoms with Gasteiger partial charge in [-0.3, -0.25) is 9.20 Å². The molecule has 0 bridgehead atoms. The molecule has 1 aliphatic rings. The summed E-state index contributed by atoms with van der Waals surface area (Å²) in [4.78, 5) is 21.0. The number of aromatic nitrogens is 3. The number of esters is 1. The van der Waals surface area contributed by atoms with E-state index in [4.69, 9.17) is 21.3 Å². The zero-order valence-electron chi connectivity index (χ0n) is 14.1.